The first-order valence-electron chi connectivity index (χ1n) is 8.38. The molecule has 0 aromatic heterocycles. The highest BCUT2D eigenvalue weighted by atomic mass is 16.2. The number of rotatable bonds is 3. The lowest BCUT2D eigenvalue weighted by Crippen LogP contribution is -2.44. The fourth-order valence-corrected chi connectivity index (χ4v) is 3.75. The van der Waals surface area contributed by atoms with Gasteiger partial charge in [-0.3, -0.25) is 9.59 Å². The van der Waals surface area contributed by atoms with Crippen LogP contribution in [-0.4, -0.2) is 29.2 Å². The lowest BCUT2D eigenvalue weighted by atomic mass is 9.82. The molecule has 1 saturated carbocycles. The average molecular weight is 279 g/mol. The Bertz CT molecular complexity index is 345. The molecule has 1 unspecified atom stereocenters. The van der Waals surface area contributed by atoms with Gasteiger partial charge in [-0.15, -0.1) is 0 Å². The Morgan fingerprint density at radius 2 is 1.70 bits per heavy atom. The van der Waals surface area contributed by atoms with Gasteiger partial charge in [0, 0.05) is 24.9 Å². The molecule has 1 heterocycles. The summed E-state index contributed by atoms with van der Waals surface area (Å²) in [5, 5.41) is 0. The minimum atomic E-state index is 0.168. The fraction of sp³-hybridized carbons (Fsp3) is 0.882. The van der Waals surface area contributed by atoms with Crippen LogP contribution < -0.4 is 0 Å². The predicted molar refractivity (Wildman–Crippen MR) is 80.4 cm³/mol. The molecule has 20 heavy (non-hydrogen) atoms. The Hall–Kier alpha value is -0.860. The van der Waals surface area contributed by atoms with E-state index in [4.69, 9.17) is 0 Å². The molecule has 1 amide bonds. The minimum Gasteiger partial charge on any atom is -0.339 e. The van der Waals surface area contributed by atoms with Gasteiger partial charge in [-0.2, -0.15) is 0 Å². The first-order valence-corrected chi connectivity index (χ1v) is 8.38. The van der Waals surface area contributed by atoms with E-state index in [9.17, 15) is 9.59 Å². The number of ketones is 1. The molecule has 1 atom stereocenters. The van der Waals surface area contributed by atoms with Gasteiger partial charge in [-0.05, 0) is 51.4 Å². The van der Waals surface area contributed by atoms with Crippen LogP contribution in [0.25, 0.3) is 0 Å². The molecule has 2 rings (SSSR count). The van der Waals surface area contributed by atoms with Crippen LogP contribution in [0.1, 0.15) is 71.6 Å². The normalized spacial score (nSPS) is 31.7. The number of hydrogen-bond acceptors (Lipinski definition) is 2. The quantitative estimate of drug-likeness (QED) is 0.792. The van der Waals surface area contributed by atoms with E-state index in [-0.39, 0.29) is 17.7 Å². The highest BCUT2D eigenvalue weighted by Gasteiger charge is 2.32. The van der Waals surface area contributed by atoms with Gasteiger partial charge in [0.05, 0.1) is 0 Å². The summed E-state index contributed by atoms with van der Waals surface area (Å²) in [6.07, 6.45) is 9.46. The van der Waals surface area contributed by atoms with Crippen molar-refractivity contribution in [1.29, 1.82) is 0 Å². The third kappa shape index (κ3) is 4.07. The predicted octanol–water partition coefficient (Wildman–Crippen LogP) is 3.56. The van der Waals surface area contributed by atoms with Crippen LogP contribution in [0.5, 0.6) is 0 Å². The molecule has 1 aliphatic carbocycles. The molecule has 2 fully saturated rings. The summed E-state index contributed by atoms with van der Waals surface area (Å²) >= 11 is 0. The maximum Gasteiger partial charge on any atom is 0.225 e. The summed E-state index contributed by atoms with van der Waals surface area (Å²) in [7, 11) is 0. The second-order valence-corrected chi connectivity index (χ2v) is 6.90. The van der Waals surface area contributed by atoms with Gasteiger partial charge in [-0.1, -0.05) is 19.8 Å². The highest BCUT2D eigenvalue weighted by molar-refractivity contribution is 5.81. The van der Waals surface area contributed by atoms with E-state index in [1.165, 1.54) is 19.3 Å². The highest BCUT2D eigenvalue weighted by Crippen LogP contribution is 2.31. The number of amides is 1. The van der Waals surface area contributed by atoms with Crippen molar-refractivity contribution in [1.82, 2.24) is 4.90 Å². The molecule has 2 aliphatic rings. The Balaban J connectivity index is 2.01. The fourth-order valence-electron chi connectivity index (χ4n) is 3.75. The van der Waals surface area contributed by atoms with Crippen molar-refractivity contribution in [2.24, 2.45) is 11.8 Å². The third-order valence-electron chi connectivity index (χ3n) is 5.05. The first kappa shape index (κ1) is 15.5. The van der Waals surface area contributed by atoms with E-state index in [0.717, 1.165) is 44.6 Å². The van der Waals surface area contributed by atoms with Gasteiger partial charge >= 0.3 is 0 Å². The monoisotopic (exact) mass is 279 g/mol. The Morgan fingerprint density at radius 1 is 1.00 bits per heavy atom. The van der Waals surface area contributed by atoms with Crippen molar-refractivity contribution >= 4 is 11.7 Å². The van der Waals surface area contributed by atoms with Crippen LogP contribution in [0.2, 0.25) is 0 Å². The van der Waals surface area contributed by atoms with E-state index in [1.54, 1.807) is 6.92 Å². The number of carbonyl (C=O) groups excluding carboxylic acids is 2. The summed E-state index contributed by atoms with van der Waals surface area (Å²) in [4.78, 5) is 26.4. The standard InChI is InChI=1S/C17H29NO2/c1-13-7-9-15(10-8-13)17(20)18-11-5-3-4-6-16(18)12-14(2)19/h13,15-16H,3-12H2,1-2H3. The maximum atomic E-state index is 12.8. The Kier molecular flexibility index (Phi) is 5.62. The second kappa shape index (κ2) is 7.24. The molecule has 0 radical (unpaired) electrons. The number of nitrogens with zero attached hydrogens (tertiary/aromatic N) is 1. The Morgan fingerprint density at radius 3 is 2.35 bits per heavy atom. The lowest BCUT2D eigenvalue weighted by molar-refractivity contribution is -0.139. The van der Waals surface area contributed by atoms with Gasteiger partial charge < -0.3 is 4.90 Å². The van der Waals surface area contributed by atoms with Crippen molar-refractivity contribution in [3.05, 3.63) is 0 Å². The number of likely N-dealkylation sites (tertiary alicyclic amines) is 1. The van der Waals surface area contributed by atoms with Crippen LogP contribution >= 0.6 is 0 Å². The summed E-state index contributed by atoms with van der Waals surface area (Å²) < 4.78 is 0. The summed E-state index contributed by atoms with van der Waals surface area (Å²) in [5.74, 6) is 1.55. The third-order valence-corrected chi connectivity index (χ3v) is 5.05. The van der Waals surface area contributed by atoms with Crippen molar-refractivity contribution in [2.75, 3.05) is 6.54 Å². The van der Waals surface area contributed by atoms with Gasteiger partial charge in [0.15, 0.2) is 0 Å². The molecule has 0 N–H and O–H groups in total. The molecule has 1 saturated heterocycles. The zero-order valence-electron chi connectivity index (χ0n) is 13.1. The first-order chi connectivity index (χ1) is 9.58. The molecule has 114 valence electrons. The van der Waals surface area contributed by atoms with Crippen molar-refractivity contribution in [3.63, 3.8) is 0 Å². The zero-order chi connectivity index (χ0) is 14.5. The molecular weight excluding hydrogens is 250 g/mol. The van der Waals surface area contributed by atoms with E-state index < -0.39 is 0 Å². The molecular formula is C17H29NO2. The van der Waals surface area contributed by atoms with Crippen LogP contribution in [0.3, 0.4) is 0 Å². The second-order valence-electron chi connectivity index (χ2n) is 6.90. The molecule has 3 nitrogen and oxygen atoms in total. The molecule has 3 heteroatoms. The molecule has 0 bridgehead atoms. The topological polar surface area (TPSA) is 37.4 Å². The summed E-state index contributed by atoms with van der Waals surface area (Å²) in [5.41, 5.74) is 0. The smallest absolute Gasteiger partial charge is 0.225 e. The van der Waals surface area contributed by atoms with Crippen LogP contribution in [-0.2, 0) is 9.59 Å². The number of hydrogen-bond donors (Lipinski definition) is 0. The van der Waals surface area contributed by atoms with Gasteiger partial charge in [0.1, 0.15) is 5.78 Å². The van der Waals surface area contributed by atoms with Gasteiger partial charge in [0.2, 0.25) is 5.91 Å². The zero-order valence-corrected chi connectivity index (χ0v) is 13.1. The number of carbonyl (C=O) groups is 2. The van der Waals surface area contributed by atoms with Crippen molar-refractivity contribution < 1.29 is 9.59 Å². The van der Waals surface area contributed by atoms with Crippen LogP contribution in [0.15, 0.2) is 0 Å². The average Bonchev–Trinajstić information content (AvgIpc) is 2.63. The Labute approximate surface area is 123 Å². The van der Waals surface area contributed by atoms with Crippen LogP contribution in [0.4, 0.5) is 0 Å². The molecule has 1 aliphatic heterocycles. The molecule has 0 spiro atoms. The van der Waals surface area contributed by atoms with Crippen molar-refractivity contribution in [2.45, 2.75) is 77.7 Å². The van der Waals surface area contributed by atoms with Gasteiger partial charge in [0.25, 0.3) is 0 Å². The van der Waals surface area contributed by atoms with E-state index >= 15 is 0 Å². The summed E-state index contributed by atoms with van der Waals surface area (Å²) in [6.45, 7) is 4.80. The maximum absolute atomic E-state index is 12.8. The van der Waals surface area contributed by atoms with E-state index in [2.05, 4.69) is 11.8 Å². The lowest BCUT2D eigenvalue weighted by Gasteiger charge is -2.35. The SMILES string of the molecule is CC(=O)CC1CCCCCN1C(=O)C1CCC(C)CC1. The molecule has 0 aromatic carbocycles. The molecule has 0 aromatic rings. The van der Waals surface area contributed by atoms with Crippen LogP contribution in [0, 0.1) is 11.8 Å². The largest absolute Gasteiger partial charge is 0.339 e. The van der Waals surface area contributed by atoms with Crippen molar-refractivity contribution in [3.8, 4) is 0 Å². The summed E-state index contributed by atoms with van der Waals surface area (Å²) in [6, 6.07) is 0.168. The number of Topliss-reactive ketones (excluding diaryl/α,β-unsaturated/α-hetero) is 1. The van der Waals surface area contributed by atoms with E-state index in [0.29, 0.717) is 12.3 Å². The van der Waals surface area contributed by atoms with E-state index in [1.807, 2.05) is 0 Å². The van der Waals surface area contributed by atoms with Gasteiger partial charge in [-0.25, -0.2) is 0 Å². The minimum absolute atomic E-state index is 0.168.